The molecule has 4 N–H and O–H groups in total. The van der Waals surface area contributed by atoms with Crippen LogP contribution in [0.15, 0.2) is 0 Å². The molecule has 0 aromatic carbocycles. The molecule has 1 rings (SSSR count). The SMILES string of the molecule is CNC(=O)CNc1nc(N)ns1. The predicted molar refractivity (Wildman–Crippen MR) is 46.9 cm³/mol. The molecule has 0 bridgehead atoms. The predicted octanol–water partition coefficient (Wildman–Crippen LogP) is -0.722. The lowest BCUT2D eigenvalue weighted by Gasteiger charge is -1.98. The van der Waals surface area contributed by atoms with Crippen LogP contribution in [-0.2, 0) is 4.79 Å². The Hall–Kier alpha value is -1.37. The second-order valence-electron chi connectivity index (χ2n) is 1.98. The van der Waals surface area contributed by atoms with Gasteiger partial charge in [-0.25, -0.2) is 0 Å². The average Bonchev–Trinajstić information content (AvgIpc) is 2.47. The molecule has 1 heterocycles. The Kier molecular flexibility index (Phi) is 2.81. The van der Waals surface area contributed by atoms with Gasteiger partial charge in [0, 0.05) is 18.6 Å². The van der Waals surface area contributed by atoms with E-state index in [1.807, 2.05) is 0 Å². The number of rotatable bonds is 3. The monoisotopic (exact) mass is 187 g/mol. The molecule has 0 spiro atoms. The van der Waals surface area contributed by atoms with Gasteiger partial charge in [-0.05, 0) is 0 Å². The summed E-state index contributed by atoms with van der Waals surface area (Å²) in [5.41, 5.74) is 5.27. The molecule has 0 aliphatic rings. The number of likely N-dealkylation sites (N-methyl/N-ethyl adjacent to an activating group) is 1. The van der Waals surface area contributed by atoms with Crippen molar-refractivity contribution < 1.29 is 4.79 Å². The molecule has 0 saturated carbocycles. The largest absolute Gasteiger partial charge is 0.367 e. The summed E-state index contributed by atoms with van der Waals surface area (Å²) in [6, 6.07) is 0. The maximum Gasteiger partial charge on any atom is 0.239 e. The first-order valence-electron chi connectivity index (χ1n) is 3.26. The van der Waals surface area contributed by atoms with Gasteiger partial charge in [-0.1, -0.05) is 0 Å². The van der Waals surface area contributed by atoms with Crippen LogP contribution in [-0.4, -0.2) is 28.9 Å². The highest BCUT2D eigenvalue weighted by Gasteiger charge is 2.01. The molecule has 0 unspecified atom stereocenters. The Morgan fingerprint density at radius 1 is 1.75 bits per heavy atom. The van der Waals surface area contributed by atoms with E-state index in [1.165, 1.54) is 0 Å². The average molecular weight is 187 g/mol. The molecule has 0 aliphatic heterocycles. The van der Waals surface area contributed by atoms with E-state index in [0.717, 1.165) is 11.5 Å². The van der Waals surface area contributed by atoms with Crippen molar-refractivity contribution in [1.82, 2.24) is 14.7 Å². The zero-order chi connectivity index (χ0) is 8.97. The van der Waals surface area contributed by atoms with Crippen molar-refractivity contribution in [3.8, 4) is 0 Å². The summed E-state index contributed by atoms with van der Waals surface area (Å²) >= 11 is 1.12. The maximum absolute atomic E-state index is 10.7. The van der Waals surface area contributed by atoms with Gasteiger partial charge < -0.3 is 16.4 Å². The topological polar surface area (TPSA) is 92.9 Å². The third-order valence-corrected chi connectivity index (χ3v) is 1.81. The first kappa shape index (κ1) is 8.72. The lowest BCUT2D eigenvalue weighted by molar-refractivity contribution is -0.118. The fourth-order valence-electron chi connectivity index (χ4n) is 0.551. The normalized spacial score (nSPS) is 9.42. The number of anilines is 2. The van der Waals surface area contributed by atoms with E-state index < -0.39 is 0 Å². The highest BCUT2D eigenvalue weighted by atomic mass is 32.1. The van der Waals surface area contributed by atoms with E-state index in [9.17, 15) is 4.79 Å². The number of hydrogen-bond donors (Lipinski definition) is 3. The third kappa shape index (κ3) is 2.35. The Labute approximate surface area is 73.3 Å². The Balaban J connectivity index is 2.38. The van der Waals surface area contributed by atoms with Crippen LogP contribution in [0.5, 0.6) is 0 Å². The molecule has 1 aromatic heterocycles. The van der Waals surface area contributed by atoms with Gasteiger partial charge in [0.15, 0.2) is 0 Å². The molecule has 0 saturated heterocycles. The van der Waals surface area contributed by atoms with Crippen LogP contribution in [0, 0.1) is 0 Å². The molecule has 66 valence electrons. The van der Waals surface area contributed by atoms with Crippen molar-refractivity contribution in [2.75, 3.05) is 24.6 Å². The van der Waals surface area contributed by atoms with Crippen LogP contribution in [0.4, 0.5) is 11.1 Å². The number of nitrogen functional groups attached to an aromatic ring is 1. The molecule has 0 radical (unpaired) electrons. The summed E-state index contributed by atoms with van der Waals surface area (Å²) in [4.78, 5) is 14.6. The van der Waals surface area contributed by atoms with E-state index in [4.69, 9.17) is 5.73 Å². The molecule has 0 fully saturated rings. The van der Waals surface area contributed by atoms with Crippen molar-refractivity contribution in [2.45, 2.75) is 0 Å². The molecule has 0 atom stereocenters. The molecule has 0 aliphatic carbocycles. The summed E-state index contributed by atoms with van der Waals surface area (Å²) in [7, 11) is 1.57. The summed E-state index contributed by atoms with van der Waals surface area (Å²) in [6.45, 7) is 0.186. The van der Waals surface area contributed by atoms with E-state index >= 15 is 0 Å². The third-order valence-electron chi connectivity index (χ3n) is 1.12. The first-order chi connectivity index (χ1) is 5.72. The van der Waals surface area contributed by atoms with Crippen molar-refractivity contribution >= 4 is 28.5 Å². The standard InChI is InChI=1S/C5H9N5OS/c1-7-3(11)2-8-5-9-4(6)10-12-5/h2H2,1H3,(H,7,11)(H3,6,8,9,10). The number of carbonyl (C=O) groups is 1. The second kappa shape index (κ2) is 3.86. The lowest BCUT2D eigenvalue weighted by Crippen LogP contribution is -2.26. The Morgan fingerprint density at radius 2 is 2.50 bits per heavy atom. The number of carbonyl (C=O) groups excluding carboxylic acids is 1. The van der Waals surface area contributed by atoms with E-state index in [1.54, 1.807) is 7.05 Å². The molecule has 7 heteroatoms. The minimum Gasteiger partial charge on any atom is -0.367 e. The zero-order valence-corrected chi connectivity index (χ0v) is 7.31. The van der Waals surface area contributed by atoms with Crippen molar-refractivity contribution in [2.24, 2.45) is 0 Å². The highest BCUT2D eigenvalue weighted by Crippen LogP contribution is 2.10. The smallest absolute Gasteiger partial charge is 0.239 e. The molecule has 1 amide bonds. The number of nitrogens with zero attached hydrogens (tertiary/aromatic N) is 2. The van der Waals surface area contributed by atoms with Gasteiger partial charge in [-0.15, -0.1) is 0 Å². The fourth-order valence-corrected chi connectivity index (χ4v) is 1.04. The van der Waals surface area contributed by atoms with Crippen LogP contribution in [0.3, 0.4) is 0 Å². The minimum absolute atomic E-state index is 0.108. The van der Waals surface area contributed by atoms with Crippen LogP contribution < -0.4 is 16.4 Å². The lowest BCUT2D eigenvalue weighted by atomic mass is 10.6. The van der Waals surface area contributed by atoms with Gasteiger partial charge in [0.25, 0.3) is 0 Å². The Bertz CT molecular complexity index is 273. The van der Waals surface area contributed by atoms with Crippen LogP contribution in [0.2, 0.25) is 0 Å². The number of amides is 1. The van der Waals surface area contributed by atoms with Crippen molar-refractivity contribution in [1.29, 1.82) is 0 Å². The first-order valence-corrected chi connectivity index (χ1v) is 4.03. The van der Waals surface area contributed by atoms with Crippen molar-refractivity contribution in [3.05, 3.63) is 0 Å². The van der Waals surface area contributed by atoms with Gasteiger partial charge in [-0.3, -0.25) is 4.79 Å². The molecular formula is C5H9N5OS. The van der Waals surface area contributed by atoms with E-state index in [0.29, 0.717) is 5.13 Å². The zero-order valence-electron chi connectivity index (χ0n) is 6.50. The summed E-state index contributed by atoms with van der Waals surface area (Å²) < 4.78 is 3.73. The summed E-state index contributed by atoms with van der Waals surface area (Å²) in [5.74, 6) is 0.114. The number of nitrogens with two attached hydrogens (primary N) is 1. The van der Waals surface area contributed by atoms with Gasteiger partial charge in [0.05, 0.1) is 6.54 Å². The van der Waals surface area contributed by atoms with Gasteiger partial charge >= 0.3 is 0 Å². The van der Waals surface area contributed by atoms with Crippen LogP contribution in [0.25, 0.3) is 0 Å². The second-order valence-corrected chi connectivity index (χ2v) is 2.74. The quantitative estimate of drug-likeness (QED) is 0.580. The van der Waals surface area contributed by atoms with E-state index in [2.05, 4.69) is 20.0 Å². The number of hydrogen-bond acceptors (Lipinski definition) is 6. The fraction of sp³-hybridized carbons (Fsp3) is 0.400. The molecule has 6 nitrogen and oxygen atoms in total. The van der Waals surface area contributed by atoms with Crippen molar-refractivity contribution in [3.63, 3.8) is 0 Å². The molecule has 12 heavy (non-hydrogen) atoms. The minimum atomic E-state index is -0.108. The van der Waals surface area contributed by atoms with Gasteiger partial charge in [0.1, 0.15) is 0 Å². The van der Waals surface area contributed by atoms with Gasteiger partial charge in [0.2, 0.25) is 17.0 Å². The number of nitrogens with one attached hydrogen (secondary N) is 2. The van der Waals surface area contributed by atoms with Crippen LogP contribution >= 0.6 is 11.5 Å². The van der Waals surface area contributed by atoms with Gasteiger partial charge in [-0.2, -0.15) is 9.36 Å². The van der Waals surface area contributed by atoms with Crippen LogP contribution in [0.1, 0.15) is 0 Å². The molecular weight excluding hydrogens is 178 g/mol. The maximum atomic E-state index is 10.7. The summed E-state index contributed by atoms with van der Waals surface area (Å²) in [5, 5.41) is 5.79. The molecule has 1 aromatic rings. The summed E-state index contributed by atoms with van der Waals surface area (Å²) in [6.07, 6.45) is 0. The number of aromatic nitrogens is 2. The highest BCUT2D eigenvalue weighted by molar-refractivity contribution is 7.09. The van der Waals surface area contributed by atoms with E-state index in [-0.39, 0.29) is 18.4 Å². The Morgan fingerprint density at radius 3 is 3.00 bits per heavy atom.